The van der Waals surface area contributed by atoms with Crippen molar-refractivity contribution in [3.8, 4) is 0 Å². The second kappa shape index (κ2) is 5.90. The topological polar surface area (TPSA) is 78.6 Å². The molecule has 0 bridgehead atoms. The number of hydrogen-bond acceptors (Lipinski definition) is 4. The summed E-state index contributed by atoms with van der Waals surface area (Å²) < 4.78 is 6.01. The van der Waals surface area contributed by atoms with Gasteiger partial charge in [-0.1, -0.05) is 18.2 Å². The Kier molecular flexibility index (Phi) is 3.62. The molecule has 1 aromatic carbocycles. The Morgan fingerprint density at radius 2 is 2.27 bits per heavy atom. The molecule has 6 nitrogen and oxygen atoms in total. The molecule has 1 aliphatic rings. The Bertz CT molecular complexity index is 736. The van der Waals surface area contributed by atoms with E-state index in [-0.39, 0.29) is 12.2 Å². The van der Waals surface area contributed by atoms with Crippen LogP contribution in [0.15, 0.2) is 36.8 Å². The van der Waals surface area contributed by atoms with Gasteiger partial charge in [-0.25, -0.2) is 4.98 Å². The van der Waals surface area contributed by atoms with E-state index < -0.39 is 0 Å². The summed E-state index contributed by atoms with van der Waals surface area (Å²) in [6.07, 6.45) is 5.84. The summed E-state index contributed by atoms with van der Waals surface area (Å²) in [5.41, 5.74) is 2.49. The monoisotopic (exact) mass is 297 g/mol. The van der Waals surface area contributed by atoms with Gasteiger partial charge in [0.15, 0.2) is 5.82 Å². The third kappa shape index (κ3) is 2.63. The van der Waals surface area contributed by atoms with Crippen molar-refractivity contribution in [2.75, 3.05) is 6.54 Å². The lowest BCUT2D eigenvalue weighted by molar-refractivity contribution is 0.0401. The molecule has 22 heavy (non-hydrogen) atoms. The summed E-state index contributed by atoms with van der Waals surface area (Å²) in [4.78, 5) is 7.47. The molecule has 0 spiro atoms. The van der Waals surface area contributed by atoms with Gasteiger partial charge in [0.25, 0.3) is 0 Å². The third-order valence-electron chi connectivity index (χ3n) is 4.21. The van der Waals surface area contributed by atoms with Crippen LogP contribution >= 0.6 is 0 Å². The Balaban J connectivity index is 1.32. The largest absolute Gasteiger partial charge is 0.366 e. The molecule has 0 unspecified atom stereocenters. The van der Waals surface area contributed by atoms with Crippen molar-refractivity contribution in [3.05, 3.63) is 48.2 Å². The maximum Gasteiger partial charge on any atom is 0.153 e. The molecule has 114 valence electrons. The van der Waals surface area contributed by atoms with Crippen LogP contribution in [0.1, 0.15) is 30.3 Å². The smallest absolute Gasteiger partial charge is 0.153 e. The fourth-order valence-electron chi connectivity index (χ4n) is 3.09. The van der Waals surface area contributed by atoms with E-state index in [2.05, 4.69) is 49.7 Å². The minimum Gasteiger partial charge on any atom is -0.366 e. The highest BCUT2D eigenvalue weighted by Gasteiger charge is 2.27. The summed E-state index contributed by atoms with van der Waals surface area (Å²) in [5, 5.41) is 11.5. The van der Waals surface area contributed by atoms with Gasteiger partial charge in [-0.3, -0.25) is 5.10 Å². The first-order chi connectivity index (χ1) is 10.9. The first kappa shape index (κ1) is 13.5. The molecule has 2 aromatic heterocycles. The lowest BCUT2D eigenvalue weighted by atomic mass is 10.1. The Morgan fingerprint density at radius 3 is 3.18 bits per heavy atom. The van der Waals surface area contributed by atoms with Crippen molar-refractivity contribution in [2.24, 2.45) is 0 Å². The molecule has 3 N–H and O–H groups in total. The normalized spacial score (nSPS) is 21.6. The Hall–Kier alpha value is -2.18. The van der Waals surface area contributed by atoms with Crippen molar-refractivity contribution in [1.29, 1.82) is 0 Å². The van der Waals surface area contributed by atoms with Gasteiger partial charge < -0.3 is 15.0 Å². The van der Waals surface area contributed by atoms with E-state index in [0.717, 1.165) is 31.8 Å². The van der Waals surface area contributed by atoms with E-state index in [1.807, 2.05) is 6.20 Å². The number of aromatic amines is 2. The molecule has 3 aromatic rings. The van der Waals surface area contributed by atoms with Crippen LogP contribution in [-0.4, -0.2) is 32.8 Å². The summed E-state index contributed by atoms with van der Waals surface area (Å²) in [6.45, 7) is 1.69. The molecule has 1 saturated heterocycles. The predicted molar refractivity (Wildman–Crippen MR) is 83.2 cm³/mol. The van der Waals surface area contributed by atoms with E-state index in [4.69, 9.17) is 4.74 Å². The van der Waals surface area contributed by atoms with Crippen molar-refractivity contribution in [1.82, 2.24) is 25.5 Å². The number of nitrogens with one attached hydrogen (secondary N) is 3. The van der Waals surface area contributed by atoms with Crippen molar-refractivity contribution >= 4 is 10.9 Å². The van der Waals surface area contributed by atoms with Crippen LogP contribution in [0.25, 0.3) is 10.9 Å². The van der Waals surface area contributed by atoms with E-state index in [1.54, 1.807) is 0 Å². The zero-order chi connectivity index (χ0) is 14.8. The fraction of sp³-hybridized carbons (Fsp3) is 0.375. The highest BCUT2D eigenvalue weighted by molar-refractivity contribution is 5.82. The number of benzene rings is 1. The molecule has 1 aliphatic heterocycles. The first-order valence-corrected chi connectivity index (χ1v) is 7.66. The van der Waals surface area contributed by atoms with Crippen LogP contribution in [-0.2, 0) is 11.3 Å². The number of ether oxygens (including phenoxy) is 1. The van der Waals surface area contributed by atoms with Gasteiger partial charge in [-0.15, -0.1) is 0 Å². The molecule has 0 radical (unpaired) electrons. The SMILES string of the molecule is c1cc(CNC[C@H]2CC[C@@H](c3ncn[nH]3)O2)c2[nH]ccc2c1. The number of fused-ring (bicyclic) bond motifs is 1. The van der Waals surface area contributed by atoms with Crippen LogP contribution < -0.4 is 5.32 Å². The van der Waals surface area contributed by atoms with Crippen molar-refractivity contribution < 1.29 is 4.74 Å². The molecule has 0 amide bonds. The van der Waals surface area contributed by atoms with Crippen LogP contribution in [0.3, 0.4) is 0 Å². The maximum absolute atomic E-state index is 6.01. The van der Waals surface area contributed by atoms with Crippen LogP contribution in [0.2, 0.25) is 0 Å². The first-order valence-electron chi connectivity index (χ1n) is 7.66. The second-order valence-electron chi connectivity index (χ2n) is 5.68. The number of nitrogens with zero attached hydrogens (tertiary/aromatic N) is 2. The molecule has 0 saturated carbocycles. The summed E-state index contributed by atoms with van der Waals surface area (Å²) in [7, 11) is 0. The van der Waals surface area contributed by atoms with Crippen LogP contribution in [0.4, 0.5) is 0 Å². The highest BCUT2D eigenvalue weighted by Crippen LogP contribution is 2.30. The average molecular weight is 297 g/mol. The standard InChI is InChI=1S/C16H19N5O/c1-2-11-6-7-18-15(11)12(3-1)8-17-9-13-4-5-14(22-13)16-19-10-20-21-16/h1-3,6-7,10,13-14,17-18H,4-5,8-9H2,(H,19,20,21)/t13-,14+/m1/s1. The molecular weight excluding hydrogens is 278 g/mol. The van der Waals surface area contributed by atoms with Gasteiger partial charge in [-0.05, 0) is 29.9 Å². The van der Waals surface area contributed by atoms with E-state index in [9.17, 15) is 0 Å². The summed E-state index contributed by atoms with van der Waals surface area (Å²) >= 11 is 0. The zero-order valence-corrected chi connectivity index (χ0v) is 12.2. The minimum atomic E-state index is 0.0566. The predicted octanol–water partition coefficient (Wildman–Crippen LogP) is 2.30. The molecular formula is C16H19N5O. The van der Waals surface area contributed by atoms with Crippen molar-refractivity contribution in [2.45, 2.75) is 31.6 Å². The van der Waals surface area contributed by atoms with Crippen LogP contribution in [0.5, 0.6) is 0 Å². The van der Waals surface area contributed by atoms with E-state index in [1.165, 1.54) is 22.8 Å². The van der Waals surface area contributed by atoms with Gasteiger partial charge in [0.2, 0.25) is 0 Å². The molecule has 2 atom stereocenters. The highest BCUT2D eigenvalue weighted by atomic mass is 16.5. The Labute approximate surface area is 128 Å². The average Bonchev–Trinajstić information content (AvgIpc) is 3.28. The summed E-state index contributed by atoms with van der Waals surface area (Å²) in [6, 6.07) is 8.47. The van der Waals surface area contributed by atoms with Gasteiger partial charge in [-0.2, -0.15) is 5.10 Å². The lowest BCUT2D eigenvalue weighted by Gasteiger charge is -2.13. The number of aromatic nitrogens is 4. The molecule has 1 fully saturated rings. The van der Waals surface area contributed by atoms with Gasteiger partial charge in [0.05, 0.1) is 6.10 Å². The van der Waals surface area contributed by atoms with Crippen LogP contribution in [0, 0.1) is 0 Å². The minimum absolute atomic E-state index is 0.0566. The molecule has 0 aliphatic carbocycles. The number of rotatable bonds is 5. The number of hydrogen-bond donors (Lipinski definition) is 3. The van der Waals surface area contributed by atoms with Gasteiger partial charge in [0, 0.05) is 24.8 Å². The fourth-order valence-corrected chi connectivity index (χ4v) is 3.09. The molecule has 3 heterocycles. The zero-order valence-electron chi connectivity index (χ0n) is 12.2. The Morgan fingerprint density at radius 1 is 1.27 bits per heavy atom. The molecule has 6 heteroatoms. The lowest BCUT2D eigenvalue weighted by Crippen LogP contribution is -2.26. The quantitative estimate of drug-likeness (QED) is 0.675. The second-order valence-corrected chi connectivity index (χ2v) is 5.68. The van der Waals surface area contributed by atoms with E-state index in [0.29, 0.717) is 0 Å². The molecule has 4 rings (SSSR count). The maximum atomic E-state index is 6.01. The summed E-state index contributed by atoms with van der Waals surface area (Å²) in [5.74, 6) is 0.832. The van der Waals surface area contributed by atoms with Gasteiger partial charge >= 0.3 is 0 Å². The number of para-hydroxylation sites is 1. The van der Waals surface area contributed by atoms with Crippen molar-refractivity contribution in [3.63, 3.8) is 0 Å². The van der Waals surface area contributed by atoms with E-state index >= 15 is 0 Å². The third-order valence-corrected chi connectivity index (χ3v) is 4.21. The van der Waals surface area contributed by atoms with Gasteiger partial charge in [0.1, 0.15) is 12.4 Å². The number of H-pyrrole nitrogens is 2.